The Hall–Kier alpha value is -2.59. The maximum Gasteiger partial charge on any atom is 0.167 e. The number of hydrogen-bond acceptors (Lipinski definition) is 2. The number of thiocarbonyl (C=S) groups is 1. The molecule has 2 N–H and O–H groups in total. The lowest BCUT2D eigenvalue weighted by Gasteiger charge is -2.19. The average molecular weight is 322 g/mol. The molecule has 0 aliphatic carbocycles. The zero-order chi connectivity index (χ0) is 15.9. The van der Waals surface area contributed by atoms with Crippen LogP contribution in [0.3, 0.4) is 0 Å². The van der Waals surface area contributed by atoms with E-state index in [1.54, 1.807) is 6.26 Å². The Morgan fingerprint density at radius 2 is 1.61 bits per heavy atom. The molecule has 0 spiro atoms. The van der Waals surface area contributed by atoms with E-state index in [4.69, 9.17) is 16.6 Å². The maximum absolute atomic E-state index is 5.56. The third-order valence-corrected chi connectivity index (χ3v) is 3.79. The first-order chi connectivity index (χ1) is 11.3. The summed E-state index contributed by atoms with van der Waals surface area (Å²) in [6, 6.07) is 24.0. The van der Waals surface area contributed by atoms with Gasteiger partial charge in [0.2, 0.25) is 0 Å². The topological polar surface area (TPSA) is 37.2 Å². The van der Waals surface area contributed by atoms with Gasteiger partial charge in [0.25, 0.3) is 0 Å². The molecule has 0 amide bonds. The first-order valence-corrected chi connectivity index (χ1v) is 7.90. The van der Waals surface area contributed by atoms with Crippen molar-refractivity contribution in [2.45, 2.75) is 12.6 Å². The fourth-order valence-electron chi connectivity index (χ4n) is 2.38. The van der Waals surface area contributed by atoms with E-state index in [9.17, 15) is 0 Å². The van der Waals surface area contributed by atoms with Gasteiger partial charge in [-0.15, -0.1) is 0 Å². The van der Waals surface area contributed by atoms with Crippen LogP contribution in [-0.4, -0.2) is 5.11 Å². The van der Waals surface area contributed by atoms with Crippen LogP contribution in [-0.2, 0) is 6.54 Å². The highest BCUT2D eigenvalue weighted by atomic mass is 32.1. The summed E-state index contributed by atoms with van der Waals surface area (Å²) in [5.41, 5.74) is 2.29. The van der Waals surface area contributed by atoms with Crippen molar-refractivity contribution in [1.29, 1.82) is 0 Å². The Labute approximate surface area is 141 Å². The first-order valence-electron chi connectivity index (χ1n) is 7.49. The SMILES string of the molecule is S=C(NCc1ccccc1)N[C@@H](c1ccccc1)c1ccco1. The molecule has 3 aromatic rings. The lowest BCUT2D eigenvalue weighted by molar-refractivity contribution is 0.474. The minimum absolute atomic E-state index is 0.109. The van der Waals surface area contributed by atoms with Gasteiger partial charge >= 0.3 is 0 Å². The summed E-state index contributed by atoms with van der Waals surface area (Å²) in [6.45, 7) is 0.687. The Morgan fingerprint density at radius 3 is 2.26 bits per heavy atom. The molecule has 3 rings (SSSR count). The van der Waals surface area contributed by atoms with Crippen molar-refractivity contribution >= 4 is 17.3 Å². The number of hydrogen-bond donors (Lipinski definition) is 2. The molecule has 0 fully saturated rings. The average Bonchev–Trinajstić information content (AvgIpc) is 3.14. The summed E-state index contributed by atoms with van der Waals surface area (Å²) in [5.74, 6) is 0.833. The van der Waals surface area contributed by atoms with Gasteiger partial charge in [-0.3, -0.25) is 0 Å². The lowest BCUT2D eigenvalue weighted by atomic mass is 10.1. The van der Waals surface area contributed by atoms with Crippen LogP contribution in [0.5, 0.6) is 0 Å². The van der Waals surface area contributed by atoms with Gasteiger partial charge in [0, 0.05) is 6.54 Å². The summed E-state index contributed by atoms with van der Waals surface area (Å²) < 4.78 is 5.56. The lowest BCUT2D eigenvalue weighted by Crippen LogP contribution is -2.37. The van der Waals surface area contributed by atoms with Crippen molar-refractivity contribution in [2.24, 2.45) is 0 Å². The molecule has 116 valence electrons. The molecule has 1 atom stereocenters. The molecule has 2 aromatic carbocycles. The third kappa shape index (κ3) is 4.20. The second-order valence-corrected chi connectivity index (χ2v) is 5.58. The van der Waals surface area contributed by atoms with Gasteiger partial charge in [-0.05, 0) is 35.5 Å². The van der Waals surface area contributed by atoms with Crippen molar-refractivity contribution in [3.8, 4) is 0 Å². The molecule has 0 saturated heterocycles. The summed E-state index contributed by atoms with van der Waals surface area (Å²) >= 11 is 5.44. The number of nitrogens with one attached hydrogen (secondary N) is 2. The summed E-state index contributed by atoms with van der Waals surface area (Å²) in [6.07, 6.45) is 1.67. The Morgan fingerprint density at radius 1 is 0.913 bits per heavy atom. The smallest absolute Gasteiger partial charge is 0.167 e. The van der Waals surface area contributed by atoms with Crippen LogP contribution in [0.25, 0.3) is 0 Å². The molecule has 3 nitrogen and oxygen atoms in total. The van der Waals surface area contributed by atoms with Crippen LogP contribution in [0.15, 0.2) is 83.5 Å². The predicted octanol–water partition coefficient (Wildman–Crippen LogP) is 4.03. The Balaban J connectivity index is 1.68. The van der Waals surface area contributed by atoms with Crippen molar-refractivity contribution in [3.05, 3.63) is 95.9 Å². The predicted molar refractivity (Wildman–Crippen MR) is 96.0 cm³/mol. The largest absolute Gasteiger partial charge is 0.467 e. The van der Waals surface area contributed by atoms with Crippen LogP contribution in [0.4, 0.5) is 0 Å². The molecule has 0 saturated carbocycles. The highest BCUT2D eigenvalue weighted by Gasteiger charge is 2.17. The Kier molecular flexibility index (Phi) is 5.06. The molecule has 0 radical (unpaired) electrons. The standard InChI is InChI=1S/C19H18N2OS/c23-19(20-14-15-8-3-1-4-9-15)21-18(17-12-7-13-22-17)16-10-5-2-6-11-16/h1-13,18H,14H2,(H2,20,21,23)/t18-/m0/s1. The highest BCUT2D eigenvalue weighted by Crippen LogP contribution is 2.22. The van der Waals surface area contributed by atoms with E-state index in [1.165, 1.54) is 5.56 Å². The molecule has 1 aromatic heterocycles. The van der Waals surface area contributed by atoms with Crippen LogP contribution in [0.1, 0.15) is 22.9 Å². The maximum atomic E-state index is 5.56. The van der Waals surface area contributed by atoms with E-state index in [-0.39, 0.29) is 6.04 Å². The van der Waals surface area contributed by atoms with Gasteiger partial charge in [0.15, 0.2) is 5.11 Å². The van der Waals surface area contributed by atoms with E-state index >= 15 is 0 Å². The number of rotatable bonds is 5. The quantitative estimate of drug-likeness (QED) is 0.695. The zero-order valence-corrected chi connectivity index (χ0v) is 13.4. The molecular formula is C19H18N2OS. The van der Waals surface area contributed by atoms with Crippen molar-refractivity contribution in [3.63, 3.8) is 0 Å². The van der Waals surface area contributed by atoms with Gasteiger partial charge < -0.3 is 15.1 Å². The summed E-state index contributed by atoms with van der Waals surface area (Å²) in [5, 5.41) is 7.17. The van der Waals surface area contributed by atoms with E-state index in [2.05, 4.69) is 34.9 Å². The molecular weight excluding hydrogens is 304 g/mol. The first kappa shape index (κ1) is 15.3. The van der Waals surface area contributed by atoms with Gasteiger partial charge in [0.05, 0.1) is 6.26 Å². The van der Waals surface area contributed by atoms with Crippen LogP contribution < -0.4 is 10.6 Å². The molecule has 1 heterocycles. The minimum atomic E-state index is -0.109. The monoisotopic (exact) mass is 322 g/mol. The molecule has 0 aliphatic heterocycles. The third-order valence-electron chi connectivity index (χ3n) is 3.53. The van der Waals surface area contributed by atoms with Crippen molar-refractivity contribution < 1.29 is 4.42 Å². The van der Waals surface area contributed by atoms with E-state index < -0.39 is 0 Å². The normalized spacial score (nSPS) is 11.7. The van der Waals surface area contributed by atoms with E-state index in [0.29, 0.717) is 11.7 Å². The van der Waals surface area contributed by atoms with Crippen molar-refractivity contribution in [2.75, 3.05) is 0 Å². The van der Waals surface area contributed by atoms with Crippen LogP contribution in [0, 0.1) is 0 Å². The van der Waals surface area contributed by atoms with Gasteiger partial charge in [-0.25, -0.2) is 0 Å². The van der Waals surface area contributed by atoms with E-state index in [0.717, 1.165) is 11.3 Å². The summed E-state index contributed by atoms with van der Waals surface area (Å²) in [4.78, 5) is 0. The minimum Gasteiger partial charge on any atom is -0.467 e. The zero-order valence-electron chi connectivity index (χ0n) is 12.6. The van der Waals surface area contributed by atoms with Gasteiger partial charge in [-0.2, -0.15) is 0 Å². The Bertz CT molecular complexity index is 727. The van der Waals surface area contributed by atoms with Crippen LogP contribution in [0.2, 0.25) is 0 Å². The number of benzene rings is 2. The molecule has 0 unspecified atom stereocenters. The molecule has 23 heavy (non-hydrogen) atoms. The van der Waals surface area contributed by atoms with Crippen molar-refractivity contribution in [1.82, 2.24) is 10.6 Å². The highest BCUT2D eigenvalue weighted by molar-refractivity contribution is 7.80. The van der Waals surface area contributed by atoms with E-state index in [1.807, 2.05) is 48.5 Å². The number of furan rings is 1. The second-order valence-electron chi connectivity index (χ2n) is 5.17. The fraction of sp³-hybridized carbons (Fsp3) is 0.105. The molecule has 4 heteroatoms. The van der Waals surface area contributed by atoms with Gasteiger partial charge in [0.1, 0.15) is 11.8 Å². The summed E-state index contributed by atoms with van der Waals surface area (Å²) in [7, 11) is 0. The molecule has 0 bridgehead atoms. The van der Waals surface area contributed by atoms with Crippen LogP contribution >= 0.6 is 12.2 Å². The molecule has 0 aliphatic rings. The fourth-order valence-corrected chi connectivity index (χ4v) is 2.57. The van der Waals surface area contributed by atoms with Gasteiger partial charge in [-0.1, -0.05) is 60.7 Å². The second kappa shape index (κ2) is 7.61.